The Morgan fingerprint density at radius 3 is 2.34 bits per heavy atom. The summed E-state index contributed by atoms with van der Waals surface area (Å²) in [5.41, 5.74) is 6.07. The summed E-state index contributed by atoms with van der Waals surface area (Å²) in [5, 5.41) is 10.5. The minimum absolute atomic E-state index is 0.243. The van der Waals surface area contributed by atoms with Gasteiger partial charge in [0.2, 0.25) is 0 Å². The van der Waals surface area contributed by atoms with Gasteiger partial charge >= 0.3 is 0 Å². The van der Waals surface area contributed by atoms with Gasteiger partial charge in [-0.25, -0.2) is 4.98 Å². The summed E-state index contributed by atoms with van der Waals surface area (Å²) in [6.45, 7) is 2.38. The van der Waals surface area contributed by atoms with E-state index in [1.54, 1.807) is 6.07 Å². The minimum Gasteiger partial charge on any atom is -0.456 e. The quantitative estimate of drug-likeness (QED) is 0.406. The van der Waals surface area contributed by atoms with E-state index in [4.69, 9.17) is 30.8 Å². The van der Waals surface area contributed by atoms with E-state index >= 15 is 0 Å². The van der Waals surface area contributed by atoms with Crippen molar-refractivity contribution >= 4 is 28.6 Å². The lowest BCUT2D eigenvalue weighted by Crippen LogP contribution is -2.34. The third-order valence-electron chi connectivity index (χ3n) is 7.34. The number of aromatic amines is 1. The average Bonchev–Trinajstić information content (AvgIpc) is 3.71. The summed E-state index contributed by atoms with van der Waals surface area (Å²) in [4.78, 5) is 19.1. The van der Waals surface area contributed by atoms with Crippen molar-refractivity contribution in [1.29, 1.82) is 0 Å². The Morgan fingerprint density at radius 2 is 1.63 bits per heavy atom. The molecule has 5 heterocycles. The van der Waals surface area contributed by atoms with Crippen LogP contribution in [0.15, 0.2) is 59.6 Å². The molecule has 0 amide bonds. The van der Waals surface area contributed by atoms with Crippen LogP contribution in [0.3, 0.4) is 0 Å². The van der Waals surface area contributed by atoms with Crippen molar-refractivity contribution in [3.63, 3.8) is 0 Å². The third-order valence-corrected chi connectivity index (χ3v) is 7.63. The first-order valence-corrected chi connectivity index (χ1v) is 13.0. The first-order chi connectivity index (χ1) is 18.5. The van der Waals surface area contributed by atoms with E-state index in [0.29, 0.717) is 34.5 Å². The fourth-order valence-electron chi connectivity index (χ4n) is 5.32. The molecule has 3 aliphatic rings. The number of rotatable bonds is 5. The number of pyridine rings is 1. The highest BCUT2D eigenvalue weighted by molar-refractivity contribution is 6.33. The number of amidine groups is 1. The van der Waals surface area contributed by atoms with E-state index < -0.39 is 6.10 Å². The smallest absolute Gasteiger partial charge is 0.296 e. The molecule has 0 saturated carbocycles. The highest BCUT2D eigenvalue weighted by Gasteiger charge is 2.48. The topological polar surface area (TPSA) is 105 Å². The molecule has 0 radical (unpaired) electrons. The van der Waals surface area contributed by atoms with Crippen molar-refractivity contribution in [2.24, 2.45) is 4.99 Å². The van der Waals surface area contributed by atoms with Gasteiger partial charge in [-0.1, -0.05) is 60.1 Å². The van der Waals surface area contributed by atoms with Crippen molar-refractivity contribution in [2.75, 3.05) is 33.4 Å². The molecular weight excluding hydrogens is 506 g/mol. The molecule has 0 spiro atoms. The number of hydrogen-bond acceptors (Lipinski definition) is 8. The monoisotopic (exact) mass is 531 g/mol. The number of aromatic nitrogens is 3. The molecule has 10 heteroatoms. The molecule has 2 aromatic carbocycles. The van der Waals surface area contributed by atoms with Crippen LogP contribution in [0.5, 0.6) is 6.01 Å². The maximum atomic E-state index is 9.95. The van der Waals surface area contributed by atoms with Crippen LogP contribution >= 0.6 is 11.6 Å². The molecule has 9 nitrogen and oxygen atoms in total. The van der Waals surface area contributed by atoms with E-state index in [2.05, 4.69) is 63.3 Å². The number of likely N-dealkylation sites (N-methyl/N-ethyl adjacent to an activating group) is 1. The number of benzene rings is 2. The fraction of sp³-hybridized carbons (Fsp3) is 0.321. The van der Waals surface area contributed by atoms with E-state index in [1.807, 2.05) is 12.1 Å². The van der Waals surface area contributed by atoms with Crippen LogP contribution in [0.4, 0.5) is 0 Å². The van der Waals surface area contributed by atoms with Gasteiger partial charge in [0, 0.05) is 24.7 Å². The van der Waals surface area contributed by atoms with Crippen molar-refractivity contribution < 1.29 is 19.3 Å². The second-order valence-electron chi connectivity index (χ2n) is 9.83. The Balaban J connectivity index is 1.10. The Kier molecular flexibility index (Phi) is 5.81. The number of H-pyrrole nitrogens is 1. The van der Waals surface area contributed by atoms with E-state index in [1.165, 1.54) is 0 Å². The van der Waals surface area contributed by atoms with Gasteiger partial charge in [0.1, 0.15) is 24.1 Å². The van der Waals surface area contributed by atoms with Crippen LogP contribution < -0.4 is 4.74 Å². The van der Waals surface area contributed by atoms with E-state index in [9.17, 15) is 5.11 Å². The number of halogens is 1. The lowest BCUT2D eigenvalue weighted by atomic mass is 10.0. The summed E-state index contributed by atoms with van der Waals surface area (Å²) in [6, 6.07) is 18.8. The Morgan fingerprint density at radius 1 is 0.947 bits per heavy atom. The van der Waals surface area contributed by atoms with Gasteiger partial charge in [-0.2, -0.15) is 4.98 Å². The normalized spacial score (nSPS) is 24.7. The molecule has 38 heavy (non-hydrogen) atoms. The first-order valence-electron chi connectivity index (χ1n) is 12.6. The maximum Gasteiger partial charge on any atom is 0.296 e. The summed E-state index contributed by atoms with van der Waals surface area (Å²) < 4.78 is 17.3. The molecule has 194 valence electrons. The number of hydrogen-bond donors (Lipinski definition) is 2. The predicted molar refractivity (Wildman–Crippen MR) is 144 cm³/mol. The second kappa shape index (κ2) is 9.36. The summed E-state index contributed by atoms with van der Waals surface area (Å²) in [7, 11) is 2.07. The maximum absolute atomic E-state index is 9.95. The zero-order valence-corrected chi connectivity index (χ0v) is 21.4. The zero-order chi connectivity index (χ0) is 25.8. The lowest BCUT2D eigenvalue weighted by Gasteiger charge is -2.15. The molecule has 2 N–H and O–H groups in total. The standard InChI is InChI=1S/C28H26ClN5O4/c1-34-11-10-30-27(34)18-8-4-16(5-9-18)15-2-6-17(7-3-15)23-19(29)12-20-26(32-23)33-28(31-20)38-22-14-37-24-21(35)13-36-25(22)24/h2-9,12,21-22,24-25,35H,10-11,13-14H2,1H3,(H,31,32,33)/t21-,22-,24?,25?/m1/s1. The molecule has 2 fully saturated rings. The van der Waals surface area contributed by atoms with Crippen LogP contribution in [-0.4, -0.2) is 88.6 Å². The molecule has 2 saturated heterocycles. The number of nitrogens with zero attached hydrogens (tertiary/aromatic N) is 4. The number of imidazole rings is 1. The fourth-order valence-corrected chi connectivity index (χ4v) is 5.58. The Hall–Kier alpha value is -3.50. The number of ether oxygens (including phenoxy) is 3. The van der Waals surface area contributed by atoms with E-state index in [-0.39, 0.29) is 24.9 Å². The molecular formula is C28H26ClN5O4. The van der Waals surface area contributed by atoms with Crippen molar-refractivity contribution in [1.82, 2.24) is 19.9 Å². The van der Waals surface area contributed by atoms with Crippen LogP contribution in [0.2, 0.25) is 5.02 Å². The summed E-state index contributed by atoms with van der Waals surface area (Å²) in [6.07, 6.45) is -1.68. The molecule has 7 rings (SSSR count). The molecule has 0 bridgehead atoms. The van der Waals surface area contributed by atoms with Crippen LogP contribution in [0, 0.1) is 0 Å². The van der Waals surface area contributed by atoms with Crippen LogP contribution in [-0.2, 0) is 9.47 Å². The molecule has 2 unspecified atom stereocenters. The average molecular weight is 532 g/mol. The van der Waals surface area contributed by atoms with Gasteiger partial charge in [0.25, 0.3) is 6.01 Å². The number of nitrogens with one attached hydrogen (secondary N) is 1. The van der Waals surface area contributed by atoms with Gasteiger partial charge in [-0.15, -0.1) is 0 Å². The summed E-state index contributed by atoms with van der Waals surface area (Å²) in [5.74, 6) is 1.04. The van der Waals surface area contributed by atoms with Crippen LogP contribution in [0.25, 0.3) is 33.5 Å². The number of fused-ring (bicyclic) bond motifs is 2. The number of aliphatic imine (C=N–C) groups is 1. The molecule has 2 aromatic heterocycles. The van der Waals surface area contributed by atoms with Crippen molar-refractivity contribution in [2.45, 2.75) is 24.4 Å². The predicted octanol–water partition coefficient (Wildman–Crippen LogP) is 3.54. The lowest BCUT2D eigenvalue weighted by molar-refractivity contribution is 0.00706. The highest BCUT2D eigenvalue weighted by Crippen LogP contribution is 2.33. The van der Waals surface area contributed by atoms with Crippen molar-refractivity contribution in [3.8, 4) is 28.4 Å². The number of aliphatic hydroxyl groups excluding tert-OH is 1. The Labute approximate surface area is 224 Å². The van der Waals surface area contributed by atoms with Crippen molar-refractivity contribution in [3.05, 3.63) is 65.2 Å². The molecule has 3 aliphatic heterocycles. The molecule has 0 aliphatic carbocycles. The molecule has 4 aromatic rings. The summed E-state index contributed by atoms with van der Waals surface area (Å²) >= 11 is 6.62. The minimum atomic E-state index is -0.632. The van der Waals surface area contributed by atoms with Gasteiger partial charge in [-0.3, -0.25) is 4.99 Å². The van der Waals surface area contributed by atoms with Gasteiger partial charge in [-0.05, 0) is 17.2 Å². The van der Waals surface area contributed by atoms with Gasteiger partial charge < -0.3 is 29.2 Å². The largest absolute Gasteiger partial charge is 0.456 e. The zero-order valence-electron chi connectivity index (χ0n) is 20.7. The van der Waals surface area contributed by atoms with Gasteiger partial charge in [0.15, 0.2) is 11.8 Å². The van der Waals surface area contributed by atoms with Crippen LogP contribution in [0.1, 0.15) is 5.56 Å². The third kappa shape index (κ3) is 4.12. The molecule has 4 atom stereocenters. The van der Waals surface area contributed by atoms with E-state index in [0.717, 1.165) is 41.2 Å². The van der Waals surface area contributed by atoms with Gasteiger partial charge in [0.05, 0.1) is 36.0 Å². The highest BCUT2D eigenvalue weighted by atomic mass is 35.5. The number of aliphatic hydroxyl groups is 1. The first kappa shape index (κ1) is 23.6. The Bertz CT molecular complexity index is 1520. The SMILES string of the molecule is CN1CCN=C1c1ccc(-c2ccc(-c3nc4nc(O[C@@H]5COC6C5OC[C@H]6O)[nH]c4cc3Cl)cc2)cc1. The second-order valence-corrected chi connectivity index (χ2v) is 10.2.